The topological polar surface area (TPSA) is 33.6 Å². The van der Waals surface area contributed by atoms with Crippen molar-refractivity contribution < 1.29 is 0 Å². The molecule has 1 N–H and O–H groups in total. The summed E-state index contributed by atoms with van der Waals surface area (Å²) in [4.78, 5) is 7.83. The van der Waals surface area contributed by atoms with E-state index in [1.54, 1.807) is 0 Å². The number of halogens is 1. The fourth-order valence-electron chi connectivity index (χ4n) is 3.46. The molecule has 3 unspecified atom stereocenters. The summed E-state index contributed by atoms with van der Waals surface area (Å²) in [6, 6.07) is 2.53. The highest BCUT2D eigenvalue weighted by molar-refractivity contribution is 9.10. The first-order chi connectivity index (χ1) is 9.11. The van der Waals surface area contributed by atoms with E-state index in [1.165, 1.54) is 19.3 Å². The number of aromatic nitrogens is 3. The summed E-state index contributed by atoms with van der Waals surface area (Å²) < 4.78 is 4.01. The molecule has 1 fully saturated rings. The van der Waals surface area contributed by atoms with Gasteiger partial charge in [-0.25, -0.2) is 4.98 Å². The van der Waals surface area contributed by atoms with Crippen molar-refractivity contribution in [1.82, 2.24) is 14.5 Å². The van der Waals surface area contributed by atoms with Gasteiger partial charge in [-0.15, -0.1) is 0 Å². The summed E-state index contributed by atoms with van der Waals surface area (Å²) in [7, 11) is 0. The van der Waals surface area contributed by atoms with E-state index in [2.05, 4.69) is 44.3 Å². The summed E-state index contributed by atoms with van der Waals surface area (Å²) >= 11 is 8.97. The predicted octanol–water partition coefficient (Wildman–Crippen LogP) is 4.85. The van der Waals surface area contributed by atoms with Crippen molar-refractivity contribution in [1.29, 1.82) is 0 Å². The van der Waals surface area contributed by atoms with Crippen molar-refractivity contribution in [3.05, 3.63) is 21.5 Å². The Morgan fingerprint density at radius 2 is 2.32 bits per heavy atom. The lowest BCUT2D eigenvalue weighted by atomic mass is 9.93. The Balaban J connectivity index is 2.11. The highest BCUT2D eigenvalue weighted by Gasteiger charge is 2.34. The molecule has 0 bridgehead atoms. The Kier molecular flexibility index (Phi) is 3.52. The second kappa shape index (κ2) is 5.02. The van der Waals surface area contributed by atoms with E-state index in [0.717, 1.165) is 26.3 Å². The molecule has 2 aromatic rings. The lowest BCUT2D eigenvalue weighted by molar-refractivity contribution is 0.331. The number of nitrogens with zero attached hydrogens (tertiary/aromatic N) is 2. The molecule has 3 atom stereocenters. The Labute approximate surface area is 126 Å². The van der Waals surface area contributed by atoms with Gasteiger partial charge in [-0.2, -0.15) is 0 Å². The molecule has 3 nitrogen and oxygen atoms in total. The van der Waals surface area contributed by atoms with Crippen molar-refractivity contribution in [3.63, 3.8) is 0 Å². The molecule has 1 saturated carbocycles. The molecule has 0 aliphatic heterocycles. The van der Waals surface area contributed by atoms with Crippen molar-refractivity contribution in [2.75, 3.05) is 0 Å². The maximum Gasteiger partial charge on any atom is 0.179 e. The highest BCUT2D eigenvalue weighted by atomic mass is 79.9. The van der Waals surface area contributed by atoms with Gasteiger partial charge in [0, 0.05) is 16.7 Å². The molecule has 1 aliphatic carbocycles. The zero-order valence-corrected chi connectivity index (χ0v) is 13.6. The molecule has 1 aliphatic rings. The Bertz CT molecular complexity index is 660. The maximum atomic E-state index is 5.51. The third kappa shape index (κ3) is 2.17. The quantitative estimate of drug-likeness (QED) is 0.793. The van der Waals surface area contributed by atoms with Gasteiger partial charge < -0.3 is 4.98 Å². The minimum atomic E-state index is 0.486. The van der Waals surface area contributed by atoms with Crippen LogP contribution in [-0.4, -0.2) is 14.5 Å². The van der Waals surface area contributed by atoms with Crippen molar-refractivity contribution in [2.24, 2.45) is 11.8 Å². The molecule has 5 heteroatoms. The number of hydrogen-bond donors (Lipinski definition) is 1. The van der Waals surface area contributed by atoms with Crippen LogP contribution in [0.5, 0.6) is 0 Å². The summed E-state index contributed by atoms with van der Waals surface area (Å²) in [6.07, 6.45) is 5.61. The summed E-state index contributed by atoms with van der Waals surface area (Å²) in [5.41, 5.74) is 2.01. The van der Waals surface area contributed by atoms with Crippen LogP contribution in [-0.2, 0) is 0 Å². The molecule has 0 amide bonds. The molecule has 19 heavy (non-hydrogen) atoms. The highest BCUT2D eigenvalue weighted by Crippen LogP contribution is 2.42. The monoisotopic (exact) mass is 339 g/mol. The summed E-state index contributed by atoms with van der Waals surface area (Å²) in [6.45, 7) is 4.64. The average Bonchev–Trinajstić information content (AvgIpc) is 2.88. The molecule has 0 radical (unpaired) electrons. The van der Waals surface area contributed by atoms with E-state index in [1.807, 2.05) is 12.3 Å². The van der Waals surface area contributed by atoms with E-state index in [0.29, 0.717) is 12.0 Å². The standard InChI is InChI=1S/C14H18BrN3S/c1-3-9-4-5-12(8(9)2)18-13-11(17-14(18)19)6-10(15)7-16-13/h6-9,12H,3-5H2,1-2H3,(H,17,19). The van der Waals surface area contributed by atoms with E-state index in [4.69, 9.17) is 12.2 Å². The van der Waals surface area contributed by atoms with E-state index < -0.39 is 0 Å². The molecule has 3 rings (SSSR count). The van der Waals surface area contributed by atoms with Crippen molar-refractivity contribution in [3.8, 4) is 0 Å². The zero-order valence-electron chi connectivity index (χ0n) is 11.2. The SMILES string of the molecule is CCC1CCC(n2c(=S)[nH]c3cc(Br)cnc32)C1C. The van der Waals surface area contributed by atoms with Crippen LogP contribution in [0.15, 0.2) is 16.7 Å². The fourth-order valence-corrected chi connectivity index (χ4v) is 4.12. The minimum Gasteiger partial charge on any atom is -0.329 e. The molecule has 0 saturated heterocycles. The van der Waals surface area contributed by atoms with Crippen LogP contribution < -0.4 is 0 Å². The van der Waals surface area contributed by atoms with Crippen LogP contribution in [0.25, 0.3) is 11.2 Å². The van der Waals surface area contributed by atoms with Gasteiger partial charge in [-0.1, -0.05) is 20.3 Å². The van der Waals surface area contributed by atoms with Gasteiger partial charge in [0.25, 0.3) is 0 Å². The number of hydrogen-bond acceptors (Lipinski definition) is 2. The zero-order chi connectivity index (χ0) is 13.6. The van der Waals surface area contributed by atoms with Gasteiger partial charge in [0.15, 0.2) is 10.4 Å². The van der Waals surface area contributed by atoms with Gasteiger partial charge >= 0.3 is 0 Å². The van der Waals surface area contributed by atoms with Crippen LogP contribution >= 0.6 is 28.1 Å². The van der Waals surface area contributed by atoms with Crippen molar-refractivity contribution >= 4 is 39.3 Å². The number of imidazole rings is 1. The maximum absolute atomic E-state index is 5.51. The summed E-state index contributed by atoms with van der Waals surface area (Å²) in [5, 5.41) is 0. The summed E-state index contributed by atoms with van der Waals surface area (Å²) in [5.74, 6) is 1.48. The van der Waals surface area contributed by atoms with E-state index in [-0.39, 0.29) is 0 Å². The lowest BCUT2D eigenvalue weighted by Crippen LogP contribution is -2.16. The van der Waals surface area contributed by atoms with Gasteiger partial charge in [-0.05, 0) is 58.9 Å². The number of pyridine rings is 1. The van der Waals surface area contributed by atoms with Gasteiger partial charge in [-0.3, -0.25) is 4.57 Å². The normalized spacial score (nSPS) is 27.2. The largest absolute Gasteiger partial charge is 0.329 e. The van der Waals surface area contributed by atoms with Crippen LogP contribution in [0.1, 0.15) is 39.2 Å². The third-order valence-electron chi connectivity index (χ3n) is 4.56. The molecule has 2 aromatic heterocycles. The first-order valence-electron chi connectivity index (χ1n) is 6.87. The Morgan fingerprint density at radius 3 is 3.00 bits per heavy atom. The van der Waals surface area contributed by atoms with Crippen molar-refractivity contribution in [2.45, 2.75) is 39.2 Å². The number of rotatable bonds is 2. The second-order valence-corrected chi connectivity index (χ2v) is 6.80. The van der Waals surface area contributed by atoms with Crippen LogP contribution in [0.3, 0.4) is 0 Å². The minimum absolute atomic E-state index is 0.486. The predicted molar refractivity (Wildman–Crippen MR) is 83.8 cm³/mol. The fraction of sp³-hybridized carbons (Fsp3) is 0.571. The molecule has 2 heterocycles. The van der Waals surface area contributed by atoms with Gasteiger partial charge in [0.05, 0.1) is 5.52 Å². The second-order valence-electron chi connectivity index (χ2n) is 5.50. The van der Waals surface area contributed by atoms with Crippen LogP contribution in [0, 0.1) is 16.6 Å². The first-order valence-corrected chi connectivity index (χ1v) is 8.07. The number of aromatic amines is 1. The smallest absolute Gasteiger partial charge is 0.179 e. The van der Waals surface area contributed by atoms with E-state index >= 15 is 0 Å². The van der Waals surface area contributed by atoms with Crippen LogP contribution in [0.2, 0.25) is 0 Å². The number of H-pyrrole nitrogens is 1. The number of fused-ring (bicyclic) bond motifs is 1. The Morgan fingerprint density at radius 1 is 1.53 bits per heavy atom. The van der Waals surface area contributed by atoms with Gasteiger partial charge in [0.1, 0.15) is 0 Å². The Hall–Kier alpha value is -0.680. The lowest BCUT2D eigenvalue weighted by Gasteiger charge is -2.21. The average molecular weight is 340 g/mol. The van der Waals surface area contributed by atoms with Gasteiger partial charge in [0.2, 0.25) is 0 Å². The molecule has 102 valence electrons. The molecular formula is C14H18BrN3S. The number of nitrogens with one attached hydrogen (secondary N) is 1. The molecule has 0 spiro atoms. The van der Waals surface area contributed by atoms with E-state index in [9.17, 15) is 0 Å². The molecule has 0 aromatic carbocycles. The third-order valence-corrected chi connectivity index (χ3v) is 5.29. The first kappa shape index (κ1) is 13.3. The van der Waals surface area contributed by atoms with Crippen LogP contribution in [0.4, 0.5) is 0 Å². The molecular weight excluding hydrogens is 322 g/mol.